The van der Waals surface area contributed by atoms with Crippen molar-refractivity contribution in [3.8, 4) is 0 Å². The number of halogens is 2. The fourth-order valence-electron chi connectivity index (χ4n) is 1.34. The zero-order valence-electron chi connectivity index (χ0n) is 9.37. The number of anilines is 1. The first-order chi connectivity index (χ1) is 8.43. The number of carbonyl (C=O) groups excluding carboxylic acids is 1. The van der Waals surface area contributed by atoms with Gasteiger partial charge in [0.25, 0.3) is 0 Å². The Morgan fingerprint density at radius 2 is 1.94 bits per heavy atom. The quantitative estimate of drug-likeness (QED) is 0.671. The Morgan fingerprint density at radius 1 is 1.28 bits per heavy atom. The van der Waals surface area contributed by atoms with Crippen LogP contribution in [0, 0.1) is 11.6 Å². The van der Waals surface area contributed by atoms with E-state index in [1.54, 1.807) is 0 Å². The highest BCUT2D eigenvalue weighted by Gasteiger charge is 2.17. The van der Waals surface area contributed by atoms with E-state index in [4.69, 9.17) is 10.8 Å². The summed E-state index contributed by atoms with van der Waals surface area (Å²) in [5, 5.41) is 11.1. The minimum absolute atomic E-state index is 0.129. The van der Waals surface area contributed by atoms with E-state index in [-0.39, 0.29) is 18.7 Å². The van der Waals surface area contributed by atoms with Crippen LogP contribution in [0.5, 0.6) is 0 Å². The van der Waals surface area contributed by atoms with Crippen molar-refractivity contribution >= 4 is 17.6 Å². The summed E-state index contributed by atoms with van der Waals surface area (Å²) in [6.45, 7) is 0.228. The number of nitrogens with two attached hydrogens (primary N) is 1. The zero-order valence-corrected chi connectivity index (χ0v) is 9.37. The highest BCUT2D eigenvalue weighted by Crippen LogP contribution is 2.20. The molecule has 5 nitrogen and oxygen atoms in total. The van der Waals surface area contributed by atoms with Crippen LogP contribution >= 0.6 is 0 Å². The molecule has 0 unspecified atom stereocenters. The monoisotopic (exact) mass is 258 g/mol. The first-order valence-electron chi connectivity index (χ1n) is 5.17. The maximum atomic E-state index is 13.4. The van der Waals surface area contributed by atoms with Gasteiger partial charge in [-0.1, -0.05) is 0 Å². The van der Waals surface area contributed by atoms with Gasteiger partial charge >= 0.3 is 5.97 Å². The van der Waals surface area contributed by atoms with Crippen LogP contribution in [-0.2, 0) is 4.79 Å². The summed E-state index contributed by atoms with van der Waals surface area (Å²) >= 11 is 0. The van der Waals surface area contributed by atoms with Crippen molar-refractivity contribution in [2.75, 3.05) is 11.9 Å². The summed E-state index contributed by atoms with van der Waals surface area (Å²) in [7, 11) is 0. The molecule has 1 rings (SSSR count). The van der Waals surface area contributed by atoms with Crippen LogP contribution in [0.25, 0.3) is 0 Å². The predicted molar refractivity (Wildman–Crippen MR) is 60.2 cm³/mol. The van der Waals surface area contributed by atoms with Crippen LogP contribution in [0.1, 0.15) is 23.2 Å². The molecule has 0 aliphatic rings. The van der Waals surface area contributed by atoms with Crippen LogP contribution < -0.4 is 11.1 Å². The van der Waals surface area contributed by atoms with Gasteiger partial charge in [0.1, 0.15) is 0 Å². The number of primary amides is 1. The van der Waals surface area contributed by atoms with Gasteiger partial charge in [-0.3, -0.25) is 4.79 Å². The fourth-order valence-corrected chi connectivity index (χ4v) is 1.34. The standard InChI is InChI=1S/C11H12F2N2O3/c12-9-6(11(17)18)3-4-7(10(9)13)15-5-1-2-8(14)16/h3-4,15H,1-2,5H2,(H2,14,16)(H,17,18). The van der Waals surface area contributed by atoms with Crippen molar-refractivity contribution in [3.63, 3.8) is 0 Å². The first-order valence-corrected chi connectivity index (χ1v) is 5.17. The fraction of sp³-hybridized carbons (Fsp3) is 0.273. The lowest BCUT2D eigenvalue weighted by Crippen LogP contribution is -2.13. The van der Waals surface area contributed by atoms with Gasteiger partial charge in [0.05, 0.1) is 11.3 Å². The molecular formula is C11H12F2N2O3. The second-order valence-electron chi connectivity index (χ2n) is 3.59. The summed E-state index contributed by atoms with van der Waals surface area (Å²) in [6.07, 6.45) is 0.501. The Bertz CT molecular complexity index is 478. The third-order valence-electron chi connectivity index (χ3n) is 2.23. The van der Waals surface area contributed by atoms with E-state index in [1.807, 2.05) is 0 Å². The molecule has 0 atom stereocenters. The molecule has 7 heteroatoms. The van der Waals surface area contributed by atoms with Crippen molar-refractivity contribution in [2.24, 2.45) is 5.73 Å². The average molecular weight is 258 g/mol. The van der Waals surface area contributed by atoms with E-state index in [2.05, 4.69) is 5.32 Å². The van der Waals surface area contributed by atoms with Gasteiger partial charge in [0, 0.05) is 13.0 Å². The molecule has 0 aromatic heterocycles. The van der Waals surface area contributed by atoms with E-state index in [0.717, 1.165) is 12.1 Å². The number of rotatable bonds is 6. The molecule has 0 bridgehead atoms. The SMILES string of the molecule is NC(=O)CCCNc1ccc(C(=O)O)c(F)c1F. The summed E-state index contributed by atoms with van der Waals surface area (Å²) in [4.78, 5) is 21.0. The van der Waals surface area contributed by atoms with Crippen molar-refractivity contribution in [3.05, 3.63) is 29.3 Å². The Labute approximate surface area is 102 Å². The van der Waals surface area contributed by atoms with Crippen LogP contribution in [0.2, 0.25) is 0 Å². The lowest BCUT2D eigenvalue weighted by molar-refractivity contribution is -0.118. The summed E-state index contributed by atoms with van der Waals surface area (Å²) < 4.78 is 26.7. The predicted octanol–water partition coefficient (Wildman–Crippen LogP) is 1.34. The summed E-state index contributed by atoms with van der Waals surface area (Å²) in [5.74, 6) is -4.69. The van der Waals surface area contributed by atoms with E-state index >= 15 is 0 Å². The Balaban J connectivity index is 2.71. The molecule has 18 heavy (non-hydrogen) atoms. The van der Waals surface area contributed by atoms with Crippen molar-refractivity contribution < 1.29 is 23.5 Å². The van der Waals surface area contributed by atoms with Crippen molar-refractivity contribution in [1.29, 1.82) is 0 Å². The first kappa shape index (κ1) is 13.9. The molecule has 0 heterocycles. The largest absolute Gasteiger partial charge is 0.478 e. The number of aromatic carboxylic acids is 1. The third-order valence-corrected chi connectivity index (χ3v) is 2.23. The van der Waals surface area contributed by atoms with Gasteiger partial charge in [-0.25, -0.2) is 13.6 Å². The molecule has 98 valence electrons. The minimum atomic E-state index is -1.54. The molecule has 1 amide bonds. The molecule has 0 saturated heterocycles. The molecule has 0 radical (unpaired) electrons. The molecule has 0 aliphatic heterocycles. The van der Waals surface area contributed by atoms with Gasteiger partial charge in [-0.05, 0) is 18.6 Å². The van der Waals surface area contributed by atoms with Gasteiger partial charge in [0.2, 0.25) is 5.91 Å². The lowest BCUT2D eigenvalue weighted by Gasteiger charge is -2.08. The van der Waals surface area contributed by atoms with Gasteiger partial charge in [-0.2, -0.15) is 0 Å². The molecule has 0 spiro atoms. The van der Waals surface area contributed by atoms with Crippen LogP contribution in [0.4, 0.5) is 14.5 Å². The maximum absolute atomic E-state index is 13.4. The molecule has 1 aromatic rings. The second-order valence-corrected chi connectivity index (χ2v) is 3.59. The van der Waals surface area contributed by atoms with Gasteiger partial charge in [-0.15, -0.1) is 0 Å². The zero-order chi connectivity index (χ0) is 13.7. The van der Waals surface area contributed by atoms with Gasteiger partial charge < -0.3 is 16.2 Å². The number of hydrogen-bond donors (Lipinski definition) is 3. The number of carbonyl (C=O) groups is 2. The topological polar surface area (TPSA) is 92.4 Å². The van der Waals surface area contributed by atoms with Crippen LogP contribution in [-0.4, -0.2) is 23.5 Å². The van der Waals surface area contributed by atoms with Crippen LogP contribution in [0.3, 0.4) is 0 Å². The normalized spacial score (nSPS) is 10.1. The number of amides is 1. The molecule has 4 N–H and O–H groups in total. The van der Waals surface area contributed by atoms with Gasteiger partial charge in [0.15, 0.2) is 11.6 Å². The minimum Gasteiger partial charge on any atom is -0.478 e. The van der Waals surface area contributed by atoms with Crippen molar-refractivity contribution in [2.45, 2.75) is 12.8 Å². The Morgan fingerprint density at radius 3 is 2.50 bits per heavy atom. The average Bonchev–Trinajstić information content (AvgIpc) is 2.29. The number of carboxylic acid groups (broad SMARTS) is 1. The van der Waals surface area contributed by atoms with E-state index in [1.165, 1.54) is 0 Å². The van der Waals surface area contributed by atoms with Crippen LogP contribution in [0.15, 0.2) is 12.1 Å². The summed E-state index contributed by atoms with van der Waals surface area (Å²) in [5.41, 5.74) is 4.04. The third kappa shape index (κ3) is 3.41. The molecular weight excluding hydrogens is 246 g/mol. The Hall–Kier alpha value is -2.18. The molecule has 0 saturated carbocycles. The van der Waals surface area contributed by atoms with E-state index < -0.39 is 29.1 Å². The van der Waals surface area contributed by atoms with E-state index in [0.29, 0.717) is 6.42 Å². The summed E-state index contributed by atoms with van der Waals surface area (Å²) in [6, 6.07) is 2.10. The number of hydrogen-bond acceptors (Lipinski definition) is 3. The highest BCUT2D eigenvalue weighted by molar-refractivity contribution is 5.88. The number of carboxylic acids is 1. The number of benzene rings is 1. The maximum Gasteiger partial charge on any atom is 0.338 e. The molecule has 0 fully saturated rings. The Kier molecular flexibility index (Phi) is 4.59. The molecule has 1 aromatic carbocycles. The van der Waals surface area contributed by atoms with Crippen molar-refractivity contribution in [1.82, 2.24) is 0 Å². The number of nitrogens with one attached hydrogen (secondary N) is 1. The lowest BCUT2D eigenvalue weighted by atomic mass is 10.1. The molecule has 0 aliphatic carbocycles. The second kappa shape index (κ2) is 5.95. The van der Waals surface area contributed by atoms with E-state index in [9.17, 15) is 18.4 Å². The highest BCUT2D eigenvalue weighted by atomic mass is 19.2. The smallest absolute Gasteiger partial charge is 0.338 e.